The molecule has 0 saturated heterocycles. The second kappa shape index (κ2) is 5.93. The molecule has 0 amide bonds. The number of fused-ring (bicyclic) bond motifs is 1. The molecule has 0 spiro atoms. The Bertz CT molecular complexity index is 773. The van der Waals surface area contributed by atoms with E-state index < -0.39 is 5.78 Å². The van der Waals surface area contributed by atoms with Crippen molar-refractivity contribution in [3.63, 3.8) is 0 Å². The van der Waals surface area contributed by atoms with E-state index in [-0.39, 0.29) is 11.7 Å². The largest absolute Gasteiger partial charge is 0.285 e. The molecule has 2 aromatic rings. The van der Waals surface area contributed by atoms with Crippen molar-refractivity contribution in [2.75, 3.05) is 0 Å². The summed E-state index contributed by atoms with van der Waals surface area (Å²) in [5, 5.41) is 0. The second-order valence-electron chi connectivity index (χ2n) is 5.52. The van der Waals surface area contributed by atoms with Crippen LogP contribution in [0.5, 0.6) is 0 Å². The maximum absolute atomic E-state index is 12.5. The van der Waals surface area contributed by atoms with E-state index in [1.807, 2.05) is 56.3 Å². The van der Waals surface area contributed by atoms with Crippen molar-refractivity contribution in [1.82, 2.24) is 0 Å². The number of hydrogen-bond donors (Lipinski definition) is 0. The molecule has 0 atom stereocenters. The van der Waals surface area contributed by atoms with Gasteiger partial charge < -0.3 is 0 Å². The van der Waals surface area contributed by atoms with Gasteiger partial charge in [0.2, 0.25) is 11.6 Å². The molecule has 1 aliphatic rings. The van der Waals surface area contributed by atoms with Crippen LogP contribution >= 0.6 is 11.8 Å². The highest BCUT2D eigenvalue weighted by Crippen LogP contribution is 2.43. The predicted octanol–water partition coefficient (Wildman–Crippen LogP) is 4.61. The van der Waals surface area contributed by atoms with Crippen molar-refractivity contribution in [2.24, 2.45) is 5.92 Å². The van der Waals surface area contributed by atoms with Gasteiger partial charge in [-0.25, -0.2) is 0 Å². The molecule has 0 fully saturated rings. The summed E-state index contributed by atoms with van der Waals surface area (Å²) in [6, 6.07) is 17.3. The highest BCUT2D eigenvalue weighted by molar-refractivity contribution is 8.08. The first kappa shape index (κ1) is 14.8. The lowest BCUT2D eigenvalue weighted by molar-refractivity contribution is -0.112. The first-order chi connectivity index (χ1) is 10.6. The molecule has 110 valence electrons. The van der Waals surface area contributed by atoms with E-state index in [1.54, 1.807) is 23.9 Å². The van der Waals surface area contributed by atoms with Gasteiger partial charge in [-0.2, -0.15) is 0 Å². The van der Waals surface area contributed by atoms with Crippen LogP contribution in [0, 0.1) is 5.92 Å². The summed E-state index contributed by atoms with van der Waals surface area (Å²) in [6.45, 7) is 3.92. The van der Waals surface area contributed by atoms with Gasteiger partial charge in [-0.15, -0.1) is 0 Å². The minimum atomic E-state index is -0.392. The Morgan fingerprint density at radius 2 is 1.36 bits per heavy atom. The van der Waals surface area contributed by atoms with Crippen LogP contribution in [0.15, 0.2) is 65.1 Å². The average Bonchev–Trinajstić information content (AvgIpc) is 2.53. The van der Waals surface area contributed by atoms with Gasteiger partial charge in [0, 0.05) is 26.5 Å². The zero-order valence-electron chi connectivity index (χ0n) is 12.5. The summed E-state index contributed by atoms with van der Waals surface area (Å²) in [5.41, 5.74) is 2.00. The number of hydrogen-bond acceptors (Lipinski definition) is 3. The lowest BCUT2D eigenvalue weighted by Crippen LogP contribution is -2.25. The lowest BCUT2D eigenvalue weighted by atomic mass is 9.85. The van der Waals surface area contributed by atoms with Gasteiger partial charge in [0.15, 0.2) is 0 Å². The van der Waals surface area contributed by atoms with Crippen LogP contribution in [-0.2, 0) is 4.79 Å². The molecule has 3 rings (SSSR count). The lowest BCUT2D eigenvalue weighted by Gasteiger charge is -2.23. The van der Waals surface area contributed by atoms with Gasteiger partial charge in [-0.3, -0.25) is 9.59 Å². The number of carbonyl (C=O) groups is 2. The Morgan fingerprint density at radius 1 is 0.773 bits per heavy atom. The maximum atomic E-state index is 12.5. The van der Waals surface area contributed by atoms with Crippen molar-refractivity contribution < 1.29 is 9.59 Å². The Labute approximate surface area is 134 Å². The van der Waals surface area contributed by atoms with Crippen LogP contribution < -0.4 is 0 Å². The third-order valence-corrected chi connectivity index (χ3v) is 4.80. The predicted molar refractivity (Wildman–Crippen MR) is 89.8 cm³/mol. The van der Waals surface area contributed by atoms with E-state index >= 15 is 0 Å². The van der Waals surface area contributed by atoms with E-state index in [2.05, 4.69) is 0 Å². The molecule has 2 aromatic carbocycles. The molecule has 0 heterocycles. The van der Waals surface area contributed by atoms with Gasteiger partial charge >= 0.3 is 0 Å². The molecule has 0 aliphatic heterocycles. The Morgan fingerprint density at radius 3 is 2.00 bits per heavy atom. The Kier molecular flexibility index (Phi) is 3.99. The van der Waals surface area contributed by atoms with E-state index in [0.29, 0.717) is 11.1 Å². The fraction of sp³-hybridized carbons (Fsp3) is 0.158. The topological polar surface area (TPSA) is 34.1 Å². The van der Waals surface area contributed by atoms with Crippen LogP contribution in [0.4, 0.5) is 0 Å². The zero-order valence-corrected chi connectivity index (χ0v) is 13.3. The van der Waals surface area contributed by atoms with Gasteiger partial charge in [0.05, 0.1) is 0 Å². The first-order valence-electron chi connectivity index (χ1n) is 7.25. The summed E-state index contributed by atoms with van der Waals surface area (Å²) >= 11 is 1.56. The minimum Gasteiger partial charge on any atom is -0.285 e. The number of rotatable bonds is 3. The molecule has 22 heavy (non-hydrogen) atoms. The van der Waals surface area contributed by atoms with Crippen LogP contribution in [0.2, 0.25) is 0 Å². The molecule has 0 radical (unpaired) electrons. The molecule has 1 aliphatic carbocycles. The molecule has 0 bridgehead atoms. The smallest absolute Gasteiger partial charge is 0.233 e. The number of allylic oxidation sites excluding steroid dienone is 1. The third-order valence-electron chi connectivity index (χ3n) is 3.65. The Hall–Kier alpha value is -2.13. The van der Waals surface area contributed by atoms with Gasteiger partial charge in [-0.1, -0.05) is 68.1 Å². The van der Waals surface area contributed by atoms with Crippen LogP contribution in [0.3, 0.4) is 0 Å². The third kappa shape index (κ3) is 2.53. The highest BCUT2D eigenvalue weighted by Gasteiger charge is 2.34. The average molecular weight is 308 g/mol. The zero-order chi connectivity index (χ0) is 15.7. The monoisotopic (exact) mass is 308 g/mol. The minimum absolute atomic E-state index is 0.0102. The SMILES string of the molecule is CC(C)C1=C(Sc2ccccc2)c2ccccc2C(=O)C1=O. The van der Waals surface area contributed by atoms with E-state index in [0.717, 1.165) is 15.4 Å². The number of thioether (sulfide) groups is 1. The van der Waals surface area contributed by atoms with Crippen LogP contribution in [0.25, 0.3) is 4.91 Å². The molecule has 0 saturated carbocycles. The maximum Gasteiger partial charge on any atom is 0.233 e. The highest BCUT2D eigenvalue weighted by atomic mass is 32.2. The van der Waals surface area contributed by atoms with Crippen molar-refractivity contribution >= 4 is 28.2 Å². The van der Waals surface area contributed by atoms with Gasteiger partial charge in [0.1, 0.15) is 0 Å². The van der Waals surface area contributed by atoms with E-state index in [9.17, 15) is 9.59 Å². The molecule has 2 nitrogen and oxygen atoms in total. The van der Waals surface area contributed by atoms with Crippen LogP contribution in [-0.4, -0.2) is 11.6 Å². The van der Waals surface area contributed by atoms with E-state index in [1.165, 1.54) is 0 Å². The van der Waals surface area contributed by atoms with Gasteiger partial charge in [-0.05, 0) is 18.1 Å². The molecular formula is C19H16O2S. The summed E-state index contributed by atoms with van der Waals surface area (Å²) in [4.78, 5) is 26.8. The van der Waals surface area contributed by atoms with Crippen molar-refractivity contribution in [1.29, 1.82) is 0 Å². The summed E-state index contributed by atoms with van der Waals surface area (Å²) < 4.78 is 0. The van der Waals surface area contributed by atoms with E-state index in [4.69, 9.17) is 0 Å². The number of ketones is 2. The van der Waals surface area contributed by atoms with Crippen molar-refractivity contribution in [3.05, 3.63) is 71.3 Å². The van der Waals surface area contributed by atoms with Gasteiger partial charge in [0.25, 0.3) is 0 Å². The summed E-state index contributed by atoms with van der Waals surface area (Å²) in [6.07, 6.45) is 0. The molecule has 0 unspecified atom stereocenters. The first-order valence-corrected chi connectivity index (χ1v) is 8.06. The molecule has 0 aromatic heterocycles. The number of benzene rings is 2. The van der Waals surface area contributed by atoms with Crippen molar-refractivity contribution in [3.8, 4) is 0 Å². The molecular weight excluding hydrogens is 292 g/mol. The fourth-order valence-corrected chi connectivity index (χ4v) is 3.87. The van der Waals surface area contributed by atoms with Crippen LogP contribution in [0.1, 0.15) is 29.8 Å². The standard InChI is InChI=1S/C19H16O2S/c1-12(2)16-18(21)17(20)14-10-6-7-11-15(14)19(16)22-13-8-4-3-5-9-13/h3-12H,1-2H3. The van der Waals surface area contributed by atoms with Crippen molar-refractivity contribution in [2.45, 2.75) is 18.7 Å². The Balaban J connectivity index is 2.20. The second-order valence-corrected chi connectivity index (χ2v) is 6.60. The molecule has 0 N–H and O–H groups in total. The summed E-state index contributed by atoms with van der Waals surface area (Å²) in [7, 11) is 0. The number of Topliss-reactive ketones (excluding diaryl/α,β-unsaturated/α-hetero) is 2. The summed E-state index contributed by atoms with van der Waals surface area (Å²) in [5.74, 6) is -0.750. The number of carbonyl (C=O) groups excluding carboxylic acids is 2. The normalized spacial score (nSPS) is 14.5. The quantitative estimate of drug-likeness (QED) is 0.776. The fourth-order valence-electron chi connectivity index (χ4n) is 2.61. The molecule has 3 heteroatoms.